The molecule has 0 saturated carbocycles. The van der Waals surface area contributed by atoms with E-state index in [1.54, 1.807) is 12.0 Å². The molecule has 1 aliphatic rings. The van der Waals surface area contributed by atoms with Gasteiger partial charge in [-0.15, -0.1) is 11.3 Å². The fourth-order valence-electron chi connectivity index (χ4n) is 4.01. The summed E-state index contributed by atoms with van der Waals surface area (Å²) in [6, 6.07) is 19.8. The predicted molar refractivity (Wildman–Crippen MR) is 131 cm³/mol. The van der Waals surface area contributed by atoms with Gasteiger partial charge in [0.1, 0.15) is 17.0 Å². The van der Waals surface area contributed by atoms with Crippen LogP contribution in [0, 0.1) is 0 Å². The van der Waals surface area contributed by atoms with Gasteiger partial charge in [0.15, 0.2) is 0 Å². The molecule has 0 radical (unpaired) electrons. The van der Waals surface area contributed by atoms with Gasteiger partial charge in [0.25, 0.3) is 5.56 Å². The van der Waals surface area contributed by atoms with E-state index in [0.29, 0.717) is 23.3 Å². The zero-order valence-electron chi connectivity index (χ0n) is 18.2. The van der Waals surface area contributed by atoms with Crippen LogP contribution in [0.4, 0.5) is 0 Å². The van der Waals surface area contributed by atoms with Crippen molar-refractivity contribution in [1.29, 1.82) is 0 Å². The van der Waals surface area contributed by atoms with Crippen LogP contribution in [0.3, 0.4) is 0 Å². The van der Waals surface area contributed by atoms with E-state index in [-0.39, 0.29) is 18.0 Å². The number of hydrogen-bond donors (Lipinski definition) is 0. The molecule has 0 fully saturated rings. The normalized spacial score (nSPS) is 13.7. The van der Waals surface area contributed by atoms with Gasteiger partial charge in [-0.1, -0.05) is 36.4 Å². The van der Waals surface area contributed by atoms with Gasteiger partial charge in [-0.25, -0.2) is 4.98 Å². The highest BCUT2D eigenvalue weighted by atomic mass is 32.1. The second-order valence-electron chi connectivity index (χ2n) is 7.92. The third-order valence-electron chi connectivity index (χ3n) is 5.89. The molecule has 4 aromatic rings. The zero-order chi connectivity index (χ0) is 22.8. The molecule has 5 rings (SSSR count). The van der Waals surface area contributed by atoms with Crippen LogP contribution in [0.2, 0.25) is 0 Å². The summed E-state index contributed by atoms with van der Waals surface area (Å²) >= 11 is 1.39. The third-order valence-corrected chi connectivity index (χ3v) is 7.05. The second kappa shape index (κ2) is 9.03. The molecule has 0 bridgehead atoms. The number of nitrogens with zero attached hydrogens (tertiary/aromatic N) is 3. The molecule has 3 heterocycles. The molecule has 166 valence electrons. The minimum atomic E-state index is -0.185. The van der Waals surface area contributed by atoms with Gasteiger partial charge in [0.05, 0.1) is 19.0 Å². The fourth-order valence-corrected chi connectivity index (χ4v) is 5.08. The van der Waals surface area contributed by atoms with Crippen molar-refractivity contribution in [3.05, 3.63) is 89.0 Å². The molecular weight excluding hydrogens is 434 g/mol. The van der Waals surface area contributed by atoms with Crippen molar-refractivity contribution in [3.63, 3.8) is 0 Å². The highest BCUT2D eigenvalue weighted by Gasteiger charge is 2.19. The third kappa shape index (κ3) is 4.32. The van der Waals surface area contributed by atoms with Gasteiger partial charge in [-0.3, -0.25) is 14.2 Å². The molecule has 6 nitrogen and oxygen atoms in total. The summed E-state index contributed by atoms with van der Waals surface area (Å²) in [4.78, 5) is 33.1. The molecule has 2 aromatic heterocycles. The van der Waals surface area contributed by atoms with Crippen LogP contribution in [0.5, 0.6) is 5.75 Å². The van der Waals surface area contributed by atoms with Crippen molar-refractivity contribution in [2.24, 2.45) is 0 Å². The van der Waals surface area contributed by atoms with E-state index in [1.165, 1.54) is 33.4 Å². The molecule has 7 heteroatoms. The average molecular weight is 458 g/mol. The van der Waals surface area contributed by atoms with Gasteiger partial charge in [0.2, 0.25) is 5.91 Å². The standard InChI is InChI=1S/C26H23N3O3S/c1-32-21-9-7-20(8-10-21)23-15-22-25(33-23)26(31)29(17-27-22)16-24(30)28-13-11-19(12-14-28)18-5-3-2-4-6-18/h2-11,15,17H,12-14,16H2,1H3. The lowest BCUT2D eigenvalue weighted by molar-refractivity contribution is -0.131. The molecule has 1 amide bonds. The number of hydrogen-bond acceptors (Lipinski definition) is 5. The summed E-state index contributed by atoms with van der Waals surface area (Å²) in [5.41, 5.74) is 3.91. The zero-order valence-corrected chi connectivity index (χ0v) is 19.0. The van der Waals surface area contributed by atoms with E-state index in [0.717, 1.165) is 22.6 Å². The van der Waals surface area contributed by atoms with Crippen LogP contribution in [0.25, 0.3) is 26.2 Å². The fraction of sp³-hybridized carbons (Fsp3) is 0.192. The lowest BCUT2D eigenvalue weighted by atomic mass is 9.99. The van der Waals surface area contributed by atoms with Crippen molar-refractivity contribution in [1.82, 2.24) is 14.5 Å². The SMILES string of the molecule is COc1ccc(-c2cc3ncn(CC(=O)N4CC=C(c5ccccc5)CC4)c(=O)c3s2)cc1. The van der Waals surface area contributed by atoms with E-state index in [2.05, 4.69) is 23.2 Å². The van der Waals surface area contributed by atoms with Crippen LogP contribution >= 0.6 is 11.3 Å². The number of rotatable bonds is 5. The molecule has 0 atom stereocenters. The topological polar surface area (TPSA) is 64.4 Å². The summed E-state index contributed by atoms with van der Waals surface area (Å²) in [6.07, 6.45) is 4.38. The van der Waals surface area contributed by atoms with Crippen molar-refractivity contribution in [2.75, 3.05) is 20.2 Å². The molecule has 0 unspecified atom stereocenters. The van der Waals surface area contributed by atoms with Gasteiger partial charge in [-0.2, -0.15) is 0 Å². The molecule has 1 aliphatic heterocycles. The van der Waals surface area contributed by atoms with E-state index in [4.69, 9.17) is 4.74 Å². The smallest absolute Gasteiger partial charge is 0.271 e. The van der Waals surface area contributed by atoms with E-state index in [1.807, 2.05) is 48.5 Å². The Morgan fingerprint density at radius 1 is 1.09 bits per heavy atom. The van der Waals surface area contributed by atoms with Crippen molar-refractivity contribution >= 4 is 33.0 Å². The van der Waals surface area contributed by atoms with Crippen LogP contribution in [0.15, 0.2) is 77.9 Å². The number of amides is 1. The maximum Gasteiger partial charge on any atom is 0.271 e. The summed E-state index contributed by atoms with van der Waals surface area (Å²) < 4.78 is 7.18. The van der Waals surface area contributed by atoms with Crippen LogP contribution < -0.4 is 10.3 Å². The van der Waals surface area contributed by atoms with Crippen molar-refractivity contribution in [2.45, 2.75) is 13.0 Å². The van der Waals surface area contributed by atoms with E-state index < -0.39 is 0 Å². The number of aromatic nitrogens is 2. The van der Waals surface area contributed by atoms with Crippen molar-refractivity contribution in [3.8, 4) is 16.2 Å². The second-order valence-corrected chi connectivity index (χ2v) is 8.97. The van der Waals surface area contributed by atoms with Gasteiger partial charge >= 0.3 is 0 Å². The monoisotopic (exact) mass is 457 g/mol. The number of methoxy groups -OCH3 is 1. The number of benzene rings is 2. The van der Waals surface area contributed by atoms with Gasteiger partial charge in [0, 0.05) is 18.0 Å². The lowest BCUT2D eigenvalue weighted by Gasteiger charge is -2.27. The molecular formula is C26H23N3O3S. The van der Waals surface area contributed by atoms with E-state index in [9.17, 15) is 9.59 Å². The number of fused-ring (bicyclic) bond motifs is 1. The highest BCUT2D eigenvalue weighted by Crippen LogP contribution is 2.31. The van der Waals surface area contributed by atoms with Crippen LogP contribution in [-0.2, 0) is 11.3 Å². The Bertz CT molecular complexity index is 1390. The van der Waals surface area contributed by atoms with Gasteiger partial charge < -0.3 is 9.64 Å². The number of thiophene rings is 1. The first kappa shape index (κ1) is 21.2. The quantitative estimate of drug-likeness (QED) is 0.444. The maximum atomic E-state index is 13.1. The molecule has 0 N–H and O–H groups in total. The van der Waals surface area contributed by atoms with E-state index >= 15 is 0 Å². The first-order chi connectivity index (χ1) is 16.1. The van der Waals surface area contributed by atoms with Crippen LogP contribution in [-0.4, -0.2) is 40.6 Å². The molecule has 0 aliphatic carbocycles. The Kier molecular flexibility index (Phi) is 5.79. The number of carbonyl (C=O) groups excluding carboxylic acids is 1. The summed E-state index contributed by atoms with van der Waals surface area (Å²) in [5, 5.41) is 0. The Morgan fingerprint density at radius 3 is 2.58 bits per heavy atom. The van der Waals surface area contributed by atoms with Crippen molar-refractivity contribution < 1.29 is 9.53 Å². The summed E-state index contributed by atoms with van der Waals surface area (Å²) in [6.45, 7) is 1.19. The Labute approximate surface area is 195 Å². The first-order valence-corrected chi connectivity index (χ1v) is 11.6. The molecule has 0 spiro atoms. The number of ether oxygens (including phenoxy) is 1. The summed E-state index contributed by atoms with van der Waals surface area (Å²) in [5.74, 6) is 0.704. The largest absolute Gasteiger partial charge is 0.497 e. The predicted octanol–water partition coefficient (Wildman–Crippen LogP) is 4.45. The lowest BCUT2D eigenvalue weighted by Crippen LogP contribution is -2.38. The highest BCUT2D eigenvalue weighted by molar-refractivity contribution is 7.22. The van der Waals surface area contributed by atoms with Gasteiger partial charge in [-0.05, 0) is 53.5 Å². The maximum absolute atomic E-state index is 13.1. The minimum absolute atomic E-state index is 0.00788. The summed E-state index contributed by atoms with van der Waals surface area (Å²) in [7, 11) is 1.63. The average Bonchev–Trinajstić information content (AvgIpc) is 3.32. The Balaban J connectivity index is 1.33. The molecule has 33 heavy (non-hydrogen) atoms. The number of carbonyl (C=O) groups is 1. The first-order valence-electron chi connectivity index (χ1n) is 10.8. The molecule has 2 aromatic carbocycles. The van der Waals surface area contributed by atoms with Crippen LogP contribution in [0.1, 0.15) is 12.0 Å². The molecule has 0 saturated heterocycles. The minimum Gasteiger partial charge on any atom is -0.497 e. The Hall–Kier alpha value is -3.71. The Morgan fingerprint density at radius 2 is 1.88 bits per heavy atom.